The van der Waals surface area contributed by atoms with Crippen LogP contribution in [-0.4, -0.2) is 32.6 Å². The fourth-order valence-corrected chi connectivity index (χ4v) is 2.99. The van der Waals surface area contributed by atoms with E-state index in [1.54, 1.807) is 6.92 Å². The van der Waals surface area contributed by atoms with E-state index in [2.05, 4.69) is 15.5 Å². The lowest BCUT2D eigenvalue weighted by Crippen LogP contribution is -2.31. The first kappa shape index (κ1) is 18.1. The summed E-state index contributed by atoms with van der Waals surface area (Å²) in [6.45, 7) is 8.47. The van der Waals surface area contributed by atoms with E-state index in [9.17, 15) is 4.79 Å². The van der Waals surface area contributed by atoms with Crippen LogP contribution in [0.5, 0.6) is 5.75 Å². The van der Waals surface area contributed by atoms with E-state index >= 15 is 0 Å². The number of carbonyl (C=O) groups is 1. The molecule has 0 saturated heterocycles. The molecule has 1 aromatic heterocycles. The van der Waals surface area contributed by atoms with E-state index in [1.807, 2.05) is 39.0 Å². The second-order valence-electron chi connectivity index (χ2n) is 5.43. The third-order valence-electron chi connectivity index (χ3n) is 3.49. The maximum atomic E-state index is 11.8. The van der Waals surface area contributed by atoms with Crippen molar-refractivity contribution in [3.63, 3.8) is 0 Å². The van der Waals surface area contributed by atoms with Gasteiger partial charge in [0, 0.05) is 6.54 Å². The van der Waals surface area contributed by atoms with E-state index in [4.69, 9.17) is 10.6 Å². The maximum absolute atomic E-state index is 11.8. The second-order valence-corrected chi connectivity index (χ2v) is 6.74. The van der Waals surface area contributed by atoms with Gasteiger partial charge in [-0.05, 0) is 38.8 Å². The van der Waals surface area contributed by atoms with Crippen LogP contribution in [0, 0.1) is 13.8 Å². The molecule has 24 heavy (non-hydrogen) atoms. The first-order chi connectivity index (χ1) is 11.4. The monoisotopic (exact) mass is 349 g/mol. The van der Waals surface area contributed by atoms with Crippen molar-refractivity contribution in [3.8, 4) is 5.75 Å². The molecule has 1 heterocycles. The fourth-order valence-electron chi connectivity index (χ4n) is 2.18. The van der Waals surface area contributed by atoms with Gasteiger partial charge in [-0.2, -0.15) is 0 Å². The Balaban J connectivity index is 2.03. The summed E-state index contributed by atoms with van der Waals surface area (Å²) in [4.78, 5) is 11.8. The number of nitrogens with zero attached hydrogens (tertiary/aromatic N) is 3. The van der Waals surface area contributed by atoms with Gasteiger partial charge in [-0.25, -0.2) is 4.68 Å². The number of rotatable bonds is 7. The number of ether oxygens (including phenoxy) is 1. The summed E-state index contributed by atoms with van der Waals surface area (Å²) in [5, 5.41) is 11.1. The number of thioether (sulfide) groups is 1. The van der Waals surface area contributed by atoms with E-state index in [1.165, 1.54) is 16.4 Å². The van der Waals surface area contributed by atoms with Crippen LogP contribution in [0.2, 0.25) is 0 Å². The molecule has 1 amide bonds. The number of para-hydroxylation sites is 1. The Labute approximate surface area is 145 Å². The predicted octanol–water partition coefficient (Wildman–Crippen LogP) is 1.80. The van der Waals surface area contributed by atoms with Crippen molar-refractivity contribution in [1.29, 1.82) is 0 Å². The quantitative estimate of drug-likeness (QED) is 0.585. The molecule has 0 spiro atoms. The number of nitrogen functional groups attached to an aromatic ring is 1. The topological polar surface area (TPSA) is 95.1 Å². The van der Waals surface area contributed by atoms with E-state index < -0.39 is 0 Å². The molecular weight excluding hydrogens is 326 g/mol. The Morgan fingerprint density at radius 1 is 1.38 bits per heavy atom. The average Bonchev–Trinajstić information content (AvgIpc) is 2.88. The normalized spacial score (nSPS) is 12.0. The molecule has 7 nitrogen and oxygen atoms in total. The highest BCUT2D eigenvalue weighted by atomic mass is 32.2. The van der Waals surface area contributed by atoms with E-state index in [0.717, 1.165) is 16.9 Å². The minimum Gasteiger partial charge on any atom is -0.485 e. The molecular formula is C16H23N5O2S. The number of nitrogens with one attached hydrogen (secondary N) is 1. The number of benzene rings is 1. The summed E-state index contributed by atoms with van der Waals surface area (Å²) in [6.07, 6.45) is 0. The third kappa shape index (κ3) is 4.19. The molecule has 0 saturated carbocycles. The molecule has 0 aliphatic heterocycles. The molecule has 0 bridgehead atoms. The van der Waals surface area contributed by atoms with E-state index in [-0.39, 0.29) is 17.8 Å². The molecule has 1 aromatic carbocycles. The SMILES string of the molecule is CCNC(=O)C(C)Sc1nnc(COc2c(C)cccc2C)n1N. The summed E-state index contributed by atoms with van der Waals surface area (Å²) in [6, 6.07) is 5.97. The Morgan fingerprint density at radius 2 is 2.04 bits per heavy atom. The Hall–Kier alpha value is -2.22. The zero-order valence-electron chi connectivity index (χ0n) is 14.4. The van der Waals surface area contributed by atoms with Gasteiger partial charge in [-0.1, -0.05) is 30.0 Å². The summed E-state index contributed by atoms with van der Waals surface area (Å²) in [5.74, 6) is 7.30. The van der Waals surface area contributed by atoms with Gasteiger partial charge in [0.05, 0.1) is 5.25 Å². The highest BCUT2D eigenvalue weighted by Gasteiger charge is 2.19. The minimum atomic E-state index is -0.302. The molecule has 3 N–H and O–H groups in total. The van der Waals surface area contributed by atoms with Gasteiger partial charge in [-0.15, -0.1) is 10.2 Å². The smallest absolute Gasteiger partial charge is 0.233 e. The number of aryl methyl sites for hydroxylation is 2. The minimum absolute atomic E-state index is 0.0566. The highest BCUT2D eigenvalue weighted by molar-refractivity contribution is 8.00. The van der Waals surface area contributed by atoms with Gasteiger partial charge in [0.2, 0.25) is 11.1 Å². The Bertz CT molecular complexity index is 696. The van der Waals surface area contributed by atoms with Crippen LogP contribution in [0.3, 0.4) is 0 Å². The van der Waals surface area contributed by atoms with E-state index in [0.29, 0.717) is 17.5 Å². The van der Waals surface area contributed by atoms with Crippen LogP contribution >= 0.6 is 11.8 Å². The van der Waals surface area contributed by atoms with Gasteiger partial charge in [0.1, 0.15) is 12.4 Å². The van der Waals surface area contributed by atoms with Crippen LogP contribution in [0.1, 0.15) is 30.8 Å². The van der Waals surface area contributed by atoms with Crippen molar-refractivity contribution >= 4 is 17.7 Å². The number of hydrogen-bond donors (Lipinski definition) is 2. The molecule has 130 valence electrons. The van der Waals surface area contributed by atoms with Crippen molar-refractivity contribution in [2.45, 2.75) is 44.7 Å². The second kappa shape index (κ2) is 8.05. The first-order valence-electron chi connectivity index (χ1n) is 7.76. The Kier molecular flexibility index (Phi) is 6.08. The van der Waals surface area contributed by atoms with Crippen LogP contribution in [0.25, 0.3) is 0 Å². The number of carbonyl (C=O) groups excluding carboxylic acids is 1. The highest BCUT2D eigenvalue weighted by Crippen LogP contribution is 2.24. The van der Waals surface area contributed by atoms with Gasteiger partial charge < -0.3 is 15.9 Å². The zero-order chi connectivity index (χ0) is 17.7. The lowest BCUT2D eigenvalue weighted by molar-refractivity contribution is -0.120. The Morgan fingerprint density at radius 3 is 2.67 bits per heavy atom. The molecule has 0 fully saturated rings. The summed E-state index contributed by atoms with van der Waals surface area (Å²) < 4.78 is 7.22. The van der Waals surface area contributed by atoms with Crippen LogP contribution in [0.15, 0.2) is 23.4 Å². The average molecular weight is 349 g/mol. The number of aromatic nitrogens is 3. The molecule has 0 aliphatic rings. The van der Waals surface area contributed by atoms with Crippen LogP contribution < -0.4 is 15.9 Å². The van der Waals surface area contributed by atoms with Crippen LogP contribution in [-0.2, 0) is 11.4 Å². The van der Waals surface area contributed by atoms with Crippen molar-refractivity contribution < 1.29 is 9.53 Å². The lowest BCUT2D eigenvalue weighted by Gasteiger charge is -2.12. The molecule has 0 radical (unpaired) electrons. The van der Waals surface area contributed by atoms with Gasteiger partial charge in [-0.3, -0.25) is 4.79 Å². The van der Waals surface area contributed by atoms with Crippen molar-refractivity contribution in [2.24, 2.45) is 0 Å². The maximum Gasteiger partial charge on any atom is 0.233 e. The summed E-state index contributed by atoms with van der Waals surface area (Å²) >= 11 is 1.26. The molecule has 2 rings (SSSR count). The number of amides is 1. The largest absolute Gasteiger partial charge is 0.485 e. The molecule has 0 aliphatic carbocycles. The fraction of sp³-hybridized carbons (Fsp3) is 0.438. The van der Waals surface area contributed by atoms with Crippen molar-refractivity contribution in [2.75, 3.05) is 12.4 Å². The van der Waals surface area contributed by atoms with Gasteiger partial charge >= 0.3 is 0 Å². The molecule has 8 heteroatoms. The third-order valence-corrected chi connectivity index (χ3v) is 4.55. The van der Waals surface area contributed by atoms with Crippen LogP contribution in [0.4, 0.5) is 0 Å². The molecule has 2 aromatic rings. The standard InChI is InChI=1S/C16H23N5O2S/c1-5-18-15(22)12(4)24-16-20-19-13(21(16)17)9-23-14-10(2)7-6-8-11(14)3/h6-8,12H,5,9,17H2,1-4H3,(H,18,22). The zero-order valence-corrected chi connectivity index (χ0v) is 15.2. The van der Waals surface area contributed by atoms with Crippen molar-refractivity contribution in [1.82, 2.24) is 20.2 Å². The van der Waals surface area contributed by atoms with Crippen molar-refractivity contribution in [3.05, 3.63) is 35.2 Å². The number of nitrogens with two attached hydrogens (primary N) is 1. The first-order valence-corrected chi connectivity index (χ1v) is 8.64. The molecule has 1 unspecified atom stereocenters. The van der Waals surface area contributed by atoms with Gasteiger partial charge in [0.15, 0.2) is 5.82 Å². The lowest BCUT2D eigenvalue weighted by atomic mass is 10.1. The predicted molar refractivity (Wildman–Crippen MR) is 94.4 cm³/mol. The molecule has 1 atom stereocenters. The summed E-state index contributed by atoms with van der Waals surface area (Å²) in [5.41, 5.74) is 2.11. The van der Waals surface area contributed by atoms with Gasteiger partial charge in [0.25, 0.3) is 0 Å². The summed E-state index contributed by atoms with van der Waals surface area (Å²) in [7, 11) is 0. The number of hydrogen-bond acceptors (Lipinski definition) is 6.